The lowest BCUT2D eigenvalue weighted by Crippen LogP contribution is -2.41. The quantitative estimate of drug-likeness (QED) is 0.325. The van der Waals surface area contributed by atoms with Crippen molar-refractivity contribution >= 4 is 19.9 Å². The minimum Gasteiger partial charge on any atom is -0.490 e. The zero-order valence-corrected chi connectivity index (χ0v) is 16.2. The molecule has 0 bridgehead atoms. The van der Waals surface area contributed by atoms with E-state index in [0.717, 1.165) is 12.1 Å². The Balaban J connectivity index is 2.72. The predicted molar refractivity (Wildman–Crippen MR) is 94.8 cm³/mol. The molecule has 9 heteroatoms. The molecule has 1 rings (SSSR count). The normalized spacial score (nSPS) is 12.1. The molecule has 0 heterocycles. The Morgan fingerprint density at radius 3 is 2.40 bits per heavy atom. The molecular weight excluding hydrogens is 347 g/mol. The summed E-state index contributed by atoms with van der Waals surface area (Å²) in [6.07, 6.45) is 0.487. The van der Waals surface area contributed by atoms with Crippen LogP contribution in [0.15, 0.2) is 12.1 Å². The highest BCUT2D eigenvalue weighted by molar-refractivity contribution is 6.74. The van der Waals surface area contributed by atoms with E-state index < -0.39 is 30.7 Å². The molecule has 0 radical (unpaired) electrons. The summed E-state index contributed by atoms with van der Waals surface area (Å²) in [6.45, 7) is 11.2. The number of nitrogens with zero attached hydrogens (tertiary/aromatic N) is 1. The number of ether oxygens (including phenoxy) is 1. The zero-order chi connectivity index (χ0) is 19.4. The van der Waals surface area contributed by atoms with Gasteiger partial charge in [0.25, 0.3) is 0 Å². The Morgan fingerprint density at radius 1 is 1.32 bits per heavy atom. The van der Waals surface area contributed by atoms with Crippen molar-refractivity contribution < 1.29 is 23.3 Å². The van der Waals surface area contributed by atoms with Gasteiger partial charge >= 0.3 is 5.69 Å². The van der Waals surface area contributed by atoms with Crippen LogP contribution < -0.4 is 10.5 Å². The van der Waals surface area contributed by atoms with Crippen LogP contribution in [0.3, 0.4) is 0 Å². The predicted octanol–water partition coefficient (Wildman–Crippen LogP) is 3.62. The molecule has 1 aromatic carbocycles. The number of amides is 1. The van der Waals surface area contributed by atoms with Gasteiger partial charge in [-0.1, -0.05) is 20.8 Å². The first-order chi connectivity index (χ1) is 11.4. The number of nitrogens with two attached hydrogens (primary N) is 1. The van der Waals surface area contributed by atoms with Crippen LogP contribution in [-0.4, -0.2) is 32.4 Å². The van der Waals surface area contributed by atoms with Gasteiger partial charge in [0.05, 0.1) is 11.5 Å². The maximum Gasteiger partial charge on any atom is 0.309 e. The summed E-state index contributed by atoms with van der Waals surface area (Å²) in [5.74, 6) is -2.38. The Morgan fingerprint density at radius 2 is 1.92 bits per heavy atom. The SMILES string of the molecule is CC(C)(C)[Si](C)(C)OCCCOc1cc(C(N)=O)cc([N+](=O)[O-])c1F. The molecule has 0 aromatic heterocycles. The molecule has 0 spiro atoms. The first-order valence-electron chi connectivity index (χ1n) is 7.91. The van der Waals surface area contributed by atoms with E-state index >= 15 is 0 Å². The van der Waals surface area contributed by atoms with Gasteiger partial charge in [0.15, 0.2) is 14.1 Å². The Kier molecular flexibility index (Phi) is 6.66. The van der Waals surface area contributed by atoms with Crippen molar-refractivity contribution in [3.63, 3.8) is 0 Å². The zero-order valence-electron chi connectivity index (χ0n) is 15.2. The third kappa shape index (κ3) is 5.50. The summed E-state index contributed by atoms with van der Waals surface area (Å²) >= 11 is 0. The molecule has 0 aliphatic heterocycles. The highest BCUT2D eigenvalue weighted by Gasteiger charge is 2.36. The van der Waals surface area contributed by atoms with Crippen molar-refractivity contribution in [1.29, 1.82) is 0 Å². The molecule has 2 N–H and O–H groups in total. The van der Waals surface area contributed by atoms with E-state index in [9.17, 15) is 19.3 Å². The lowest BCUT2D eigenvalue weighted by Gasteiger charge is -2.36. The maximum atomic E-state index is 14.1. The first-order valence-corrected chi connectivity index (χ1v) is 10.8. The van der Waals surface area contributed by atoms with Crippen LogP contribution in [0, 0.1) is 15.9 Å². The van der Waals surface area contributed by atoms with E-state index in [0.29, 0.717) is 13.0 Å². The molecule has 0 fully saturated rings. The number of benzene rings is 1. The molecule has 0 saturated carbocycles. The second kappa shape index (κ2) is 7.92. The minimum atomic E-state index is -1.87. The van der Waals surface area contributed by atoms with Gasteiger partial charge in [-0.05, 0) is 24.2 Å². The summed E-state index contributed by atoms with van der Waals surface area (Å²) < 4.78 is 25.3. The van der Waals surface area contributed by atoms with Crippen LogP contribution in [0.2, 0.25) is 18.1 Å². The van der Waals surface area contributed by atoms with Crippen LogP contribution in [0.1, 0.15) is 37.6 Å². The lowest BCUT2D eigenvalue weighted by molar-refractivity contribution is -0.387. The number of carbonyl (C=O) groups is 1. The highest BCUT2D eigenvalue weighted by atomic mass is 28.4. The monoisotopic (exact) mass is 372 g/mol. The van der Waals surface area contributed by atoms with Crippen molar-refractivity contribution in [2.24, 2.45) is 5.73 Å². The van der Waals surface area contributed by atoms with Gasteiger partial charge in [-0.2, -0.15) is 4.39 Å². The smallest absolute Gasteiger partial charge is 0.309 e. The number of hydrogen-bond donors (Lipinski definition) is 1. The molecule has 7 nitrogen and oxygen atoms in total. The van der Waals surface area contributed by atoms with Crippen LogP contribution in [0.25, 0.3) is 0 Å². The third-order valence-corrected chi connectivity index (χ3v) is 8.85. The van der Waals surface area contributed by atoms with E-state index in [1.807, 2.05) is 0 Å². The second-order valence-corrected chi connectivity index (χ2v) is 12.0. The van der Waals surface area contributed by atoms with E-state index in [1.54, 1.807) is 0 Å². The van der Waals surface area contributed by atoms with Gasteiger partial charge in [-0.15, -0.1) is 0 Å². The number of rotatable bonds is 8. The second-order valence-electron chi connectivity index (χ2n) is 7.24. The highest BCUT2D eigenvalue weighted by Crippen LogP contribution is 2.36. The number of nitro benzene ring substituents is 1. The number of nitro groups is 1. The van der Waals surface area contributed by atoms with Gasteiger partial charge in [-0.25, -0.2) is 0 Å². The average molecular weight is 372 g/mol. The van der Waals surface area contributed by atoms with Crippen LogP contribution in [-0.2, 0) is 4.43 Å². The van der Waals surface area contributed by atoms with Gasteiger partial charge in [0, 0.05) is 24.7 Å². The topological polar surface area (TPSA) is 105 Å². The molecule has 0 unspecified atom stereocenters. The number of halogens is 1. The molecule has 0 aliphatic rings. The molecule has 140 valence electrons. The Labute approximate surface area is 147 Å². The number of primary amides is 1. The number of carbonyl (C=O) groups excluding carboxylic acids is 1. The summed E-state index contributed by atoms with van der Waals surface area (Å²) in [6, 6.07) is 1.87. The Bertz CT molecular complexity index is 659. The van der Waals surface area contributed by atoms with E-state index in [2.05, 4.69) is 33.9 Å². The van der Waals surface area contributed by atoms with Gasteiger partial charge in [-0.3, -0.25) is 14.9 Å². The van der Waals surface area contributed by atoms with Gasteiger partial charge in [0.2, 0.25) is 11.7 Å². The van der Waals surface area contributed by atoms with Crippen LogP contribution >= 0.6 is 0 Å². The first kappa shape index (κ1) is 21.0. The lowest BCUT2D eigenvalue weighted by atomic mass is 10.1. The summed E-state index contributed by atoms with van der Waals surface area (Å²) in [5.41, 5.74) is 4.09. The molecule has 0 aliphatic carbocycles. The molecule has 25 heavy (non-hydrogen) atoms. The van der Waals surface area contributed by atoms with E-state index in [4.69, 9.17) is 14.9 Å². The molecule has 0 atom stereocenters. The van der Waals surface area contributed by atoms with Crippen molar-refractivity contribution in [2.45, 2.75) is 45.3 Å². The number of hydrogen-bond acceptors (Lipinski definition) is 5. The molecule has 1 aromatic rings. The largest absolute Gasteiger partial charge is 0.490 e. The van der Waals surface area contributed by atoms with Crippen molar-refractivity contribution in [1.82, 2.24) is 0 Å². The average Bonchev–Trinajstić information content (AvgIpc) is 2.46. The standard InChI is InChI=1S/C16H25FN2O5Si/c1-16(2,3)25(4,5)24-8-6-7-23-13-10-11(15(18)20)9-12(14(13)17)19(21)22/h9-10H,6-8H2,1-5H3,(H2,18,20). The summed E-state index contributed by atoms with van der Waals surface area (Å²) in [5, 5.41) is 11.0. The molecule has 0 saturated heterocycles. The third-order valence-electron chi connectivity index (χ3n) is 4.32. The van der Waals surface area contributed by atoms with Crippen molar-refractivity contribution in [3.05, 3.63) is 33.6 Å². The summed E-state index contributed by atoms with van der Waals surface area (Å²) in [4.78, 5) is 21.2. The fourth-order valence-electron chi connectivity index (χ4n) is 1.75. The fraction of sp³-hybridized carbons (Fsp3) is 0.562. The van der Waals surface area contributed by atoms with E-state index in [-0.39, 0.29) is 23.0 Å². The van der Waals surface area contributed by atoms with Gasteiger partial charge in [0.1, 0.15) is 0 Å². The molecular formula is C16H25FN2O5Si. The van der Waals surface area contributed by atoms with Crippen molar-refractivity contribution in [3.8, 4) is 5.75 Å². The van der Waals surface area contributed by atoms with E-state index in [1.165, 1.54) is 0 Å². The van der Waals surface area contributed by atoms with Crippen LogP contribution in [0.4, 0.5) is 10.1 Å². The Hall–Kier alpha value is -2.00. The fourth-order valence-corrected chi connectivity index (χ4v) is 2.84. The van der Waals surface area contributed by atoms with Crippen LogP contribution in [0.5, 0.6) is 5.75 Å². The molecule has 1 amide bonds. The maximum absolute atomic E-state index is 14.1. The van der Waals surface area contributed by atoms with Gasteiger partial charge < -0.3 is 14.9 Å². The summed E-state index contributed by atoms with van der Waals surface area (Å²) in [7, 11) is -1.87. The van der Waals surface area contributed by atoms with Crippen molar-refractivity contribution in [2.75, 3.05) is 13.2 Å². The minimum absolute atomic E-state index is 0.0798.